The average Bonchev–Trinajstić information content (AvgIpc) is 2.59. The number of imidazole rings is 1. The van der Waals surface area contributed by atoms with Crippen molar-refractivity contribution in [2.45, 2.75) is 27.3 Å². The van der Waals surface area contributed by atoms with Gasteiger partial charge in [0.1, 0.15) is 5.82 Å². The van der Waals surface area contributed by atoms with Crippen LogP contribution in [0.2, 0.25) is 0 Å². The van der Waals surface area contributed by atoms with E-state index < -0.39 is 0 Å². The third-order valence-corrected chi connectivity index (χ3v) is 3.19. The van der Waals surface area contributed by atoms with E-state index in [1.54, 1.807) is 0 Å². The minimum Gasteiger partial charge on any atom is -0.330 e. The molecule has 3 heteroatoms. The first-order valence-corrected chi connectivity index (χ1v) is 5.83. The molecule has 2 N–H and O–H groups in total. The van der Waals surface area contributed by atoms with Crippen LogP contribution in [-0.2, 0) is 13.6 Å². The van der Waals surface area contributed by atoms with Crippen molar-refractivity contribution < 1.29 is 0 Å². The zero-order valence-corrected chi connectivity index (χ0v) is 10.9. The summed E-state index contributed by atoms with van der Waals surface area (Å²) in [5, 5.41) is 0. The van der Waals surface area contributed by atoms with Gasteiger partial charge in [-0.25, -0.2) is 4.98 Å². The summed E-state index contributed by atoms with van der Waals surface area (Å²) in [6, 6.07) is 4.39. The third kappa shape index (κ3) is 1.98. The van der Waals surface area contributed by atoms with Crippen LogP contribution in [0, 0.1) is 20.8 Å². The number of aromatic nitrogens is 2. The number of hydrogen-bond donors (Lipinski definition) is 1. The molecular weight excluding hydrogens is 210 g/mol. The number of nitrogens with two attached hydrogens (primary N) is 1. The van der Waals surface area contributed by atoms with Crippen LogP contribution < -0.4 is 5.73 Å². The van der Waals surface area contributed by atoms with Gasteiger partial charge < -0.3 is 10.3 Å². The van der Waals surface area contributed by atoms with Gasteiger partial charge in [0.25, 0.3) is 0 Å². The second-order valence-corrected chi connectivity index (χ2v) is 4.61. The molecule has 0 saturated carbocycles. The maximum Gasteiger partial charge on any atom is 0.140 e. The van der Waals surface area contributed by atoms with E-state index in [1.165, 1.54) is 22.3 Å². The van der Waals surface area contributed by atoms with Crippen molar-refractivity contribution in [2.24, 2.45) is 12.8 Å². The van der Waals surface area contributed by atoms with Gasteiger partial charge in [-0.1, -0.05) is 17.7 Å². The minimum atomic E-state index is 0.521. The Balaban J connectivity index is 2.64. The lowest BCUT2D eigenvalue weighted by molar-refractivity contribution is 0.827. The highest BCUT2D eigenvalue weighted by molar-refractivity contribution is 5.66. The van der Waals surface area contributed by atoms with Gasteiger partial charge in [0.15, 0.2) is 0 Å². The number of hydrogen-bond acceptors (Lipinski definition) is 2. The summed E-state index contributed by atoms with van der Waals surface area (Å²) in [5.74, 6) is 1.00. The molecule has 1 aromatic carbocycles. The summed E-state index contributed by atoms with van der Waals surface area (Å²) in [4.78, 5) is 4.49. The predicted octanol–water partition coefficient (Wildman–Crippen LogP) is 2.47. The van der Waals surface area contributed by atoms with E-state index >= 15 is 0 Å². The van der Waals surface area contributed by atoms with Crippen molar-refractivity contribution in [3.05, 3.63) is 40.7 Å². The number of rotatable bonds is 2. The van der Waals surface area contributed by atoms with Crippen LogP contribution in [0.3, 0.4) is 0 Å². The van der Waals surface area contributed by atoms with Crippen molar-refractivity contribution in [1.82, 2.24) is 9.55 Å². The topological polar surface area (TPSA) is 43.8 Å². The maximum atomic E-state index is 5.68. The lowest BCUT2D eigenvalue weighted by Crippen LogP contribution is -2.05. The van der Waals surface area contributed by atoms with Gasteiger partial charge in [-0.05, 0) is 31.9 Å². The molecule has 2 aromatic rings. The second-order valence-electron chi connectivity index (χ2n) is 4.61. The molecule has 0 aliphatic carbocycles. The van der Waals surface area contributed by atoms with Crippen LogP contribution in [0.5, 0.6) is 0 Å². The number of benzene rings is 1. The largest absolute Gasteiger partial charge is 0.330 e. The maximum absolute atomic E-state index is 5.68. The van der Waals surface area contributed by atoms with Gasteiger partial charge in [0.05, 0.1) is 11.9 Å². The van der Waals surface area contributed by atoms with Crippen molar-refractivity contribution in [1.29, 1.82) is 0 Å². The van der Waals surface area contributed by atoms with E-state index in [2.05, 4.69) is 42.5 Å². The quantitative estimate of drug-likeness (QED) is 0.859. The fourth-order valence-electron chi connectivity index (χ4n) is 2.40. The molecule has 0 radical (unpaired) electrons. The zero-order valence-electron chi connectivity index (χ0n) is 10.9. The lowest BCUT2D eigenvalue weighted by atomic mass is 9.99. The predicted molar refractivity (Wildman–Crippen MR) is 70.7 cm³/mol. The molecule has 0 amide bonds. The van der Waals surface area contributed by atoms with Crippen LogP contribution in [0.1, 0.15) is 22.4 Å². The molecule has 0 aliphatic heterocycles. The standard InChI is InChI=1S/C14H19N3/c1-9-5-10(2)13(11(3)6-9)14-16-8-12(7-15)17(14)4/h5-6,8H,7,15H2,1-4H3. The van der Waals surface area contributed by atoms with Crippen molar-refractivity contribution in [3.8, 4) is 11.4 Å². The van der Waals surface area contributed by atoms with E-state index in [0.717, 1.165) is 11.5 Å². The summed E-state index contributed by atoms with van der Waals surface area (Å²) in [7, 11) is 2.02. The minimum absolute atomic E-state index is 0.521. The SMILES string of the molecule is Cc1cc(C)c(-c2ncc(CN)n2C)c(C)c1. The number of aryl methyl sites for hydroxylation is 3. The molecule has 0 unspecified atom stereocenters. The Bertz CT molecular complexity index is 530. The highest BCUT2D eigenvalue weighted by atomic mass is 15.1. The molecular formula is C14H19N3. The summed E-state index contributed by atoms with van der Waals surface area (Å²) in [6.45, 7) is 6.90. The molecule has 1 heterocycles. The Morgan fingerprint density at radius 2 is 1.76 bits per heavy atom. The fourth-order valence-corrected chi connectivity index (χ4v) is 2.40. The molecule has 0 fully saturated rings. The first-order chi connectivity index (χ1) is 8.04. The first-order valence-electron chi connectivity index (χ1n) is 5.83. The van der Waals surface area contributed by atoms with Gasteiger partial charge in [0.2, 0.25) is 0 Å². The molecule has 17 heavy (non-hydrogen) atoms. The van der Waals surface area contributed by atoms with Crippen LogP contribution in [0.4, 0.5) is 0 Å². The van der Waals surface area contributed by atoms with E-state index in [9.17, 15) is 0 Å². The van der Waals surface area contributed by atoms with Crippen molar-refractivity contribution in [3.63, 3.8) is 0 Å². The van der Waals surface area contributed by atoms with Gasteiger partial charge in [-0.2, -0.15) is 0 Å². The Morgan fingerprint density at radius 1 is 1.18 bits per heavy atom. The smallest absolute Gasteiger partial charge is 0.140 e. The molecule has 2 rings (SSSR count). The van der Waals surface area contributed by atoms with E-state index in [1.807, 2.05) is 13.2 Å². The summed E-state index contributed by atoms with van der Waals surface area (Å²) < 4.78 is 2.07. The number of nitrogens with zero attached hydrogens (tertiary/aromatic N) is 2. The molecule has 1 aromatic heterocycles. The van der Waals surface area contributed by atoms with E-state index in [0.29, 0.717) is 6.54 Å². The molecule has 0 atom stereocenters. The summed E-state index contributed by atoms with van der Waals surface area (Å²) >= 11 is 0. The van der Waals surface area contributed by atoms with Gasteiger partial charge in [-0.3, -0.25) is 0 Å². The lowest BCUT2D eigenvalue weighted by Gasteiger charge is -2.12. The molecule has 0 aliphatic rings. The average molecular weight is 229 g/mol. The Kier molecular flexibility index (Phi) is 3.03. The molecule has 90 valence electrons. The van der Waals surface area contributed by atoms with Crippen LogP contribution in [-0.4, -0.2) is 9.55 Å². The van der Waals surface area contributed by atoms with Crippen molar-refractivity contribution >= 4 is 0 Å². The highest BCUT2D eigenvalue weighted by Crippen LogP contribution is 2.27. The Hall–Kier alpha value is -1.61. The molecule has 0 spiro atoms. The van der Waals surface area contributed by atoms with Gasteiger partial charge >= 0.3 is 0 Å². The van der Waals surface area contributed by atoms with Crippen LogP contribution in [0.15, 0.2) is 18.3 Å². The summed E-state index contributed by atoms with van der Waals surface area (Å²) in [6.07, 6.45) is 1.86. The van der Waals surface area contributed by atoms with E-state index in [4.69, 9.17) is 5.73 Å². The molecule has 3 nitrogen and oxygen atoms in total. The van der Waals surface area contributed by atoms with Gasteiger partial charge in [-0.15, -0.1) is 0 Å². The van der Waals surface area contributed by atoms with Crippen molar-refractivity contribution in [2.75, 3.05) is 0 Å². The highest BCUT2D eigenvalue weighted by Gasteiger charge is 2.12. The van der Waals surface area contributed by atoms with Crippen LogP contribution >= 0.6 is 0 Å². The van der Waals surface area contributed by atoms with Gasteiger partial charge in [0, 0.05) is 19.2 Å². The normalized spacial score (nSPS) is 10.9. The molecule has 0 bridgehead atoms. The second kappa shape index (κ2) is 4.34. The van der Waals surface area contributed by atoms with Crippen LogP contribution in [0.25, 0.3) is 11.4 Å². The molecule has 0 saturated heterocycles. The fraction of sp³-hybridized carbons (Fsp3) is 0.357. The summed E-state index contributed by atoms with van der Waals surface area (Å²) in [5.41, 5.74) is 11.8. The zero-order chi connectivity index (χ0) is 12.6. The Morgan fingerprint density at radius 3 is 2.24 bits per heavy atom. The first kappa shape index (κ1) is 11.9. The third-order valence-electron chi connectivity index (χ3n) is 3.19. The Labute approximate surface area is 102 Å². The van der Waals surface area contributed by atoms with E-state index in [-0.39, 0.29) is 0 Å². The monoisotopic (exact) mass is 229 g/mol.